The summed E-state index contributed by atoms with van der Waals surface area (Å²) in [5.41, 5.74) is 6.26. The van der Waals surface area contributed by atoms with E-state index in [-0.39, 0.29) is 11.5 Å². The standard InChI is InChI=1S/C15H35N3/c1-7-17(8-2)11-10-12-18(9-3)13-15(5,6)14(4)16/h14H,7-13,16H2,1-6H3. The van der Waals surface area contributed by atoms with Crippen LogP contribution < -0.4 is 5.73 Å². The molecule has 0 rings (SSSR count). The van der Waals surface area contributed by atoms with E-state index in [4.69, 9.17) is 5.73 Å². The van der Waals surface area contributed by atoms with Crippen molar-refractivity contribution in [2.45, 2.75) is 54.0 Å². The molecule has 0 bridgehead atoms. The van der Waals surface area contributed by atoms with Gasteiger partial charge in [-0.2, -0.15) is 0 Å². The third-order valence-corrected chi connectivity index (χ3v) is 4.15. The Morgan fingerprint density at radius 2 is 1.39 bits per heavy atom. The van der Waals surface area contributed by atoms with Gasteiger partial charge in [-0.25, -0.2) is 0 Å². The highest BCUT2D eigenvalue weighted by Crippen LogP contribution is 2.20. The maximum atomic E-state index is 6.06. The molecule has 18 heavy (non-hydrogen) atoms. The minimum Gasteiger partial charge on any atom is -0.327 e. The van der Waals surface area contributed by atoms with Gasteiger partial charge in [0.2, 0.25) is 0 Å². The molecule has 110 valence electrons. The number of nitrogens with zero attached hydrogens (tertiary/aromatic N) is 2. The van der Waals surface area contributed by atoms with Crippen molar-refractivity contribution in [2.75, 3.05) is 39.3 Å². The van der Waals surface area contributed by atoms with E-state index in [1.165, 1.54) is 19.5 Å². The van der Waals surface area contributed by atoms with Crippen LogP contribution in [0, 0.1) is 5.41 Å². The third-order valence-electron chi connectivity index (χ3n) is 4.15. The maximum Gasteiger partial charge on any atom is 0.00739 e. The van der Waals surface area contributed by atoms with Crippen molar-refractivity contribution in [3.63, 3.8) is 0 Å². The van der Waals surface area contributed by atoms with Gasteiger partial charge in [-0.3, -0.25) is 0 Å². The molecule has 0 fully saturated rings. The molecule has 0 aliphatic rings. The van der Waals surface area contributed by atoms with Crippen LogP contribution in [-0.4, -0.2) is 55.1 Å². The lowest BCUT2D eigenvalue weighted by molar-refractivity contribution is 0.155. The molecular weight excluding hydrogens is 222 g/mol. The lowest BCUT2D eigenvalue weighted by Gasteiger charge is -2.35. The summed E-state index contributed by atoms with van der Waals surface area (Å²) in [5, 5.41) is 0. The van der Waals surface area contributed by atoms with Crippen molar-refractivity contribution in [1.29, 1.82) is 0 Å². The highest BCUT2D eigenvalue weighted by atomic mass is 15.1. The Bertz CT molecular complexity index is 198. The van der Waals surface area contributed by atoms with Gasteiger partial charge < -0.3 is 15.5 Å². The summed E-state index contributed by atoms with van der Waals surface area (Å²) in [7, 11) is 0. The zero-order valence-corrected chi connectivity index (χ0v) is 13.5. The summed E-state index contributed by atoms with van der Waals surface area (Å²) in [5.74, 6) is 0. The van der Waals surface area contributed by atoms with Gasteiger partial charge in [0.15, 0.2) is 0 Å². The van der Waals surface area contributed by atoms with Crippen LogP contribution in [0.3, 0.4) is 0 Å². The predicted molar refractivity (Wildman–Crippen MR) is 81.9 cm³/mol. The fourth-order valence-corrected chi connectivity index (χ4v) is 2.13. The second kappa shape index (κ2) is 8.89. The van der Waals surface area contributed by atoms with Crippen LogP contribution >= 0.6 is 0 Å². The normalized spacial score (nSPS) is 14.5. The summed E-state index contributed by atoms with van der Waals surface area (Å²) >= 11 is 0. The third kappa shape index (κ3) is 6.72. The fraction of sp³-hybridized carbons (Fsp3) is 1.00. The van der Waals surface area contributed by atoms with Gasteiger partial charge in [-0.05, 0) is 51.5 Å². The van der Waals surface area contributed by atoms with E-state index in [1.54, 1.807) is 0 Å². The molecule has 2 N–H and O–H groups in total. The summed E-state index contributed by atoms with van der Waals surface area (Å²) in [4.78, 5) is 5.03. The van der Waals surface area contributed by atoms with Crippen LogP contribution in [0.5, 0.6) is 0 Å². The Labute approximate surface area is 115 Å². The molecule has 0 aromatic carbocycles. The molecule has 0 heterocycles. The number of nitrogens with two attached hydrogens (primary N) is 1. The Morgan fingerprint density at radius 1 is 0.944 bits per heavy atom. The molecule has 0 spiro atoms. The van der Waals surface area contributed by atoms with Crippen molar-refractivity contribution in [2.24, 2.45) is 11.1 Å². The van der Waals surface area contributed by atoms with Gasteiger partial charge >= 0.3 is 0 Å². The highest BCUT2D eigenvalue weighted by molar-refractivity contribution is 4.81. The van der Waals surface area contributed by atoms with Gasteiger partial charge in [0.05, 0.1) is 0 Å². The van der Waals surface area contributed by atoms with Crippen molar-refractivity contribution >= 4 is 0 Å². The molecule has 0 aromatic rings. The van der Waals surface area contributed by atoms with Crippen LogP contribution in [0.1, 0.15) is 48.0 Å². The molecule has 0 aliphatic carbocycles. The topological polar surface area (TPSA) is 32.5 Å². The second-order valence-corrected chi connectivity index (χ2v) is 6.03. The van der Waals surface area contributed by atoms with Gasteiger partial charge in [0.1, 0.15) is 0 Å². The summed E-state index contributed by atoms with van der Waals surface area (Å²) in [6.45, 7) is 20.3. The molecule has 0 aliphatic heterocycles. The minimum absolute atomic E-state index is 0.200. The minimum atomic E-state index is 0.200. The Hall–Kier alpha value is -0.120. The summed E-state index contributed by atoms with van der Waals surface area (Å²) in [6.07, 6.45) is 1.25. The molecule has 3 nitrogen and oxygen atoms in total. The van der Waals surface area contributed by atoms with E-state index in [1.807, 2.05) is 0 Å². The molecule has 1 unspecified atom stereocenters. The fourth-order valence-electron chi connectivity index (χ4n) is 2.13. The average Bonchev–Trinajstić information content (AvgIpc) is 2.32. The molecule has 0 amide bonds. The Kier molecular flexibility index (Phi) is 8.83. The van der Waals surface area contributed by atoms with E-state index in [9.17, 15) is 0 Å². The van der Waals surface area contributed by atoms with Gasteiger partial charge in [0.25, 0.3) is 0 Å². The molecule has 0 saturated carbocycles. The number of hydrogen-bond acceptors (Lipinski definition) is 3. The maximum absolute atomic E-state index is 6.06. The van der Waals surface area contributed by atoms with Crippen molar-refractivity contribution in [1.82, 2.24) is 9.80 Å². The first-order valence-corrected chi connectivity index (χ1v) is 7.57. The summed E-state index contributed by atoms with van der Waals surface area (Å²) < 4.78 is 0. The predicted octanol–water partition coefficient (Wildman–Crippen LogP) is 2.41. The Morgan fingerprint density at radius 3 is 1.78 bits per heavy atom. The molecule has 0 radical (unpaired) electrons. The highest BCUT2D eigenvalue weighted by Gasteiger charge is 2.25. The van der Waals surface area contributed by atoms with Crippen LogP contribution in [0.15, 0.2) is 0 Å². The average molecular weight is 257 g/mol. The quantitative estimate of drug-likeness (QED) is 0.652. The van der Waals surface area contributed by atoms with E-state index in [0.29, 0.717) is 0 Å². The van der Waals surface area contributed by atoms with E-state index in [0.717, 1.165) is 26.2 Å². The lowest BCUT2D eigenvalue weighted by Crippen LogP contribution is -2.44. The van der Waals surface area contributed by atoms with Crippen LogP contribution in [0.25, 0.3) is 0 Å². The van der Waals surface area contributed by atoms with Gasteiger partial charge in [0, 0.05) is 12.6 Å². The molecule has 0 aromatic heterocycles. The monoisotopic (exact) mass is 257 g/mol. The lowest BCUT2D eigenvalue weighted by atomic mass is 9.85. The smallest absolute Gasteiger partial charge is 0.00739 e. The molecule has 0 saturated heterocycles. The van der Waals surface area contributed by atoms with Crippen molar-refractivity contribution in [3.05, 3.63) is 0 Å². The first-order valence-electron chi connectivity index (χ1n) is 7.57. The zero-order chi connectivity index (χ0) is 14.2. The van der Waals surface area contributed by atoms with E-state index >= 15 is 0 Å². The number of rotatable bonds is 10. The van der Waals surface area contributed by atoms with Crippen molar-refractivity contribution < 1.29 is 0 Å². The van der Waals surface area contributed by atoms with E-state index in [2.05, 4.69) is 51.3 Å². The Balaban J connectivity index is 4.05. The van der Waals surface area contributed by atoms with Gasteiger partial charge in [-0.15, -0.1) is 0 Å². The van der Waals surface area contributed by atoms with Crippen LogP contribution in [0.2, 0.25) is 0 Å². The van der Waals surface area contributed by atoms with Crippen molar-refractivity contribution in [3.8, 4) is 0 Å². The van der Waals surface area contributed by atoms with Crippen LogP contribution in [0.4, 0.5) is 0 Å². The summed E-state index contributed by atoms with van der Waals surface area (Å²) in [6, 6.07) is 0.245. The molecular formula is C15H35N3. The SMILES string of the molecule is CCN(CC)CCCN(CC)CC(C)(C)C(C)N. The first kappa shape index (κ1) is 17.9. The zero-order valence-electron chi connectivity index (χ0n) is 13.5. The van der Waals surface area contributed by atoms with Crippen LogP contribution in [-0.2, 0) is 0 Å². The number of hydrogen-bond donors (Lipinski definition) is 1. The first-order chi connectivity index (χ1) is 8.37. The molecule has 3 heteroatoms. The van der Waals surface area contributed by atoms with E-state index < -0.39 is 0 Å². The molecule has 1 atom stereocenters. The van der Waals surface area contributed by atoms with Gasteiger partial charge in [-0.1, -0.05) is 34.6 Å². The largest absolute Gasteiger partial charge is 0.327 e. The second-order valence-electron chi connectivity index (χ2n) is 6.03.